The van der Waals surface area contributed by atoms with Gasteiger partial charge in [-0.05, 0) is 98.5 Å². The molecule has 0 radical (unpaired) electrons. The van der Waals surface area contributed by atoms with E-state index in [1.54, 1.807) is 48.5 Å². The summed E-state index contributed by atoms with van der Waals surface area (Å²) >= 11 is 0. The Balaban J connectivity index is 1.56. The largest absolute Gasteiger partial charge is 0.268 e. The molecule has 176 valence electrons. The molecular weight excluding hydrogens is 452 g/mol. The van der Waals surface area contributed by atoms with Gasteiger partial charge in [0, 0.05) is 33.0 Å². The van der Waals surface area contributed by atoms with Crippen LogP contribution in [0, 0.1) is 27.7 Å². The number of anilines is 2. The van der Waals surface area contributed by atoms with E-state index in [-0.39, 0.29) is 0 Å². The van der Waals surface area contributed by atoms with Crippen molar-refractivity contribution in [2.75, 3.05) is 9.80 Å². The van der Waals surface area contributed by atoms with Crippen LogP contribution >= 0.6 is 0 Å². The molecular formula is C30H22N2O4. The SMILES string of the molecule is Cc1cc(C)cc(N2C(=O)c3ccc4c5c(ccc(c35)C2=O)C(=O)N(c2cc(C)cc(C)c2)C4=O)c1. The number of hydrogen-bond donors (Lipinski definition) is 0. The maximum Gasteiger partial charge on any atom is 0.265 e. The Kier molecular flexibility index (Phi) is 4.54. The van der Waals surface area contributed by atoms with Crippen molar-refractivity contribution < 1.29 is 19.2 Å². The second-order valence-electron chi connectivity index (χ2n) is 9.65. The Morgan fingerprint density at radius 1 is 0.417 bits per heavy atom. The molecule has 6 heteroatoms. The molecule has 0 fully saturated rings. The lowest BCUT2D eigenvalue weighted by Crippen LogP contribution is -2.43. The minimum Gasteiger partial charge on any atom is -0.268 e. The Morgan fingerprint density at radius 3 is 0.917 bits per heavy atom. The van der Waals surface area contributed by atoms with E-state index in [9.17, 15) is 19.2 Å². The maximum atomic E-state index is 13.6. The monoisotopic (exact) mass is 474 g/mol. The minimum absolute atomic E-state index is 0.296. The fourth-order valence-electron chi connectivity index (χ4n) is 5.50. The normalized spacial score (nSPS) is 14.8. The third-order valence-corrected chi connectivity index (χ3v) is 6.82. The average molecular weight is 475 g/mol. The molecule has 2 aliphatic rings. The van der Waals surface area contributed by atoms with Crippen LogP contribution in [0.2, 0.25) is 0 Å². The van der Waals surface area contributed by atoms with Gasteiger partial charge in [0.25, 0.3) is 23.6 Å². The van der Waals surface area contributed by atoms with Gasteiger partial charge in [-0.25, -0.2) is 9.80 Å². The van der Waals surface area contributed by atoms with Gasteiger partial charge in [-0.2, -0.15) is 0 Å². The Morgan fingerprint density at radius 2 is 0.667 bits per heavy atom. The summed E-state index contributed by atoms with van der Waals surface area (Å²) in [4.78, 5) is 56.8. The molecule has 6 nitrogen and oxygen atoms in total. The molecule has 4 aromatic carbocycles. The predicted molar refractivity (Wildman–Crippen MR) is 138 cm³/mol. The molecule has 6 rings (SSSR count). The lowest BCUT2D eigenvalue weighted by atomic mass is 9.85. The number of carbonyl (C=O) groups excluding carboxylic acids is 4. The first-order valence-corrected chi connectivity index (χ1v) is 11.7. The highest BCUT2D eigenvalue weighted by Gasteiger charge is 2.40. The van der Waals surface area contributed by atoms with Crippen molar-refractivity contribution in [2.24, 2.45) is 0 Å². The molecule has 4 aromatic rings. The average Bonchev–Trinajstić information content (AvgIpc) is 2.80. The molecule has 36 heavy (non-hydrogen) atoms. The van der Waals surface area contributed by atoms with Gasteiger partial charge in [0.1, 0.15) is 0 Å². The van der Waals surface area contributed by atoms with Crippen LogP contribution in [0.4, 0.5) is 11.4 Å². The lowest BCUT2D eigenvalue weighted by Gasteiger charge is -2.32. The van der Waals surface area contributed by atoms with Crippen LogP contribution in [-0.4, -0.2) is 23.6 Å². The van der Waals surface area contributed by atoms with Gasteiger partial charge >= 0.3 is 0 Å². The molecule has 0 saturated heterocycles. The summed E-state index contributed by atoms with van der Waals surface area (Å²) < 4.78 is 0. The standard InChI is InChI=1S/C30H22N2O4/c1-15-9-16(2)12-19(11-15)31-27(33)21-5-7-23-26-24(8-6-22(25(21)26)28(31)34)30(36)32(29(23)35)20-13-17(3)10-18(4)14-20/h5-14H,1-4H3. The van der Waals surface area contributed by atoms with Crippen LogP contribution < -0.4 is 9.80 Å². The highest BCUT2D eigenvalue weighted by atomic mass is 16.2. The maximum absolute atomic E-state index is 13.6. The van der Waals surface area contributed by atoms with Crippen molar-refractivity contribution in [3.63, 3.8) is 0 Å². The Bertz CT molecular complexity index is 1480. The van der Waals surface area contributed by atoms with Crippen molar-refractivity contribution in [1.82, 2.24) is 0 Å². The molecule has 0 atom stereocenters. The molecule has 0 N–H and O–H groups in total. The topological polar surface area (TPSA) is 74.8 Å². The molecule has 2 aliphatic heterocycles. The van der Waals surface area contributed by atoms with Gasteiger partial charge in [0.15, 0.2) is 0 Å². The van der Waals surface area contributed by atoms with Gasteiger partial charge in [-0.15, -0.1) is 0 Å². The zero-order valence-electron chi connectivity index (χ0n) is 20.3. The van der Waals surface area contributed by atoms with Gasteiger partial charge in [-0.1, -0.05) is 12.1 Å². The quantitative estimate of drug-likeness (QED) is 0.351. The van der Waals surface area contributed by atoms with Crippen LogP contribution in [-0.2, 0) is 0 Å². The summed E-state index contributed by atoms with van der Waals surface area (Å²) in [6.07, 6.45) is 0. The van der Waals surface area contributed by atoms with Crippen molar-refractivity contribution in [2.45, 2.75) is 27.7 Å². The highest BCUT2D eigenvalue weighted by molar-refractivity contribution is 6.42. The molecule has 0 bridgehead atoms. The third-order valence-electron chi connectivity index (χ3n) is 6.82. The Labute approximate surface area is 207 Å². The number of aryl methyl sites for hydroxylation is 4. The molecule has 2 heterocycles. The van der Waals surface area contributed by atoms with E-state index in [1.807, 2.05) is 39.8 Å². The molecule has 4 amide bonds. The van der Waals surface area contributed by atoms with Crippen LogP contribution in [0.5, 0.6) is 0 Å². The summed E-state index contributed by atoms with van der Waals surface area (Å²) in [5.74, 6) is -1.90. The third kappa shape index (κ3) is 2.97. The second-order valence-corrected chi connectivity index (χ2v) is 9.65. The second kappa shape index (κ2) is 7.46. The van der Waals surface area contributed by atoms with Crippen LogP contribution in [0.15, 0.2) is 60.7 Å². The Hall–Kier alpha value is -4.58. The summed E-state index contributed by atoms with van der Waals surface area (Å²) in [6, 6.07) is 17.5. The fraction of sp³-hybridized carbons (Fsp3) is 0.133. The zero-order chi connectivity index (χ0) is 25.5. The van der Waals surface area contributed by atoms with Crippen LogP contribution in [0.3, 0.4) is 0 Å². The summed E-state index contributed by atoms with van der Waals surface area (Å²) in [5, 5.41) is 0.727. The van der Waals surface area contributed by atoms with E-state index < -0.39 is 23.6 Å². The van der Waals surface area contributed by atoms with Crippen molar-refractivity contribution in [3.05, 3.63) is 105 Å². The molecule has 0 saturated carbocycles. The minimum atomic E-state index is -0.474. The van der Waals surface area contributed by atoms with Crippen LogP contribution in [0.1, 0.15) is 63.7 Å². The van der Waals surface area contributed by atoms with Crippen molar-refractivity contribution in [3.8, 4) is 0 Å². The van der Waals surface area contributed by atoms with E-state index >= 15 is 0 Å². The van der Waals surface area contributed by atoms with Gasteiger partial charge in [-0.3, -0.25) is 19.2 Å². The number of nitrogens with zero attached hydrogens (tertiary/aromatic N) is 2. The molecule has 0 unspecified atom stereocenters. The predicted octanol–water partition coefficient (Wildman–Crippen LogP) is 5.67. The van der Waals surface area contributed by atoms with E-state index in [1.165, 1.54) is 9.80 Å². The number of benzene rings is 4. The summed E-state index contributed by atoms with van der Waals surface area (Å²) in [5.41, 5.74) is 5.91. The highest BCUT2D eigenvalue weighted by Crippen LogP contribution is 2.40. The summed E-state index contributed by atoms with van der Waals surface area (Å²) in [7, 11) is 0. The number of imide groups is 2. The van der Waals surface area contributed by atoms with Crippen LogP contribution in [0.25, 0.3) is 10.8 Å². The molecule has 0 spiro atoms. The van der Waals surface area contributed by atoms with Gasteiger partial charge in [0.05, 0.1) is 11.4 Å². The first-order valence-electron chi connectivity index (χ1n) is 11.7. The zero-order valence-corrected chi connectivity index (χ0v) is 20.3. The van der Waals surface area contributed by atoms with Gasteiger partial charge in [0.2, 0.25) is 0 Å². The number of hydrogen-bond acceptors (Lipinski definition) is 4. The lowest BCUT2D eigenvalue weighted by molar-refractivity contribution is 0.0873. The van der Waals surface area contributed by atoms with Crippen molar-refractivity contribution in [1.29, 1.82) is 0 Å². The van der Waals surface area contributed by atoms with Gasteiger partial charge < -0.3 is 0 Å². The van der Waals surface area contributed by atoms with E-state index in [0.717, 1.165) is 22.3 Å². The van der Waals surface area contributed by atoms with E-state index in [0.29, 0.717) is 44.4 Å². The summed E-state index contributed by atoms with van der Waals surface area (Å²) in [6.45, 7) is 7.64. The first kappa shape index (κ1) is 21.9. The number of rotatable bonds is 2. The molecule has 0 aromatic heterocycles. The van der Waals surface area contributed by atoms with E-state index in [4.69, 9.17) is 0 Å². The fourth-order valence-corrected chi connectivity index (χ4v) is 5.50. The van der Waals surface area contributed by atoms with E-state index in [2.05, 4.69) is 0 Å². The smallest absolute Gasteiger partial charge is 0.265 e. The number of carbonyl (C=O) groups is 4. The number of amides is 4. The van der Waals surface area contributed by atoms with Crippen molar-refractivity contribution >= 4 is 45.8 Å². The molecule has 0 aliphatic carbocycles. The first-order chi connectivity index (χ1) is 17.2.